The molecule has 25 heavy (non-hydrogen) atoms. The number of hydrogen-bond acceptors (Lipinski definition) is 1. The molecular formula is C20H30ClN3O+2. The van der Waals surface area contributed by atoms with E-state index in [4.69, 9.17) is 18.0 Å². The van der Waals surface area contributed by atoms with Crippen molar-refractivity contribution < 1.29 is 14.6 Å². The maximum atomic E-state index is 12.4. The summed E-state index contributed by atoms with van der Waals surface area (Å²) in [6.07, 6.45) is 7.15. The summed E-state index contributed by atoms with van der Waals surface area (Å²) in [5.74, 6) is 2.83. The molecule has 136 valence electrons. The first kappa shape index (κ1) is 19.8. The normalized spacial score (nSPS) is 20.7. The molecule has 1 heterocycles. The Kier molecular flexibility index (Phi) is 7.31. The second-order valence-electron chi connectivity index (χ2n) is 6.97. The maximum Gasteiger partial charge on any atom is 0.276 e. The molecule has 1 aliphatic rings. The zero-order valence-corrected chi connectivity index (χ0v) is 16.1. The topological polar surface area (TPSA) is 38.0 Å². The number of carbonyl (C=O) groups is 1. The zero-order valence-electron chi connectivity index (χ0n) is 15.3. The molecule has 0 spiro atoms. The van der Waals surface area contributed by atoms with Crippen molar-refractivity contribution in [1.82, 2.24) is 5.32 Å². The first-order valence-electron chi connectivity index (χ1n) is 9.20. The third kappa shape index (κ3) is 5.74. The SMILES string of the molecule is C#CC(CC)(CC)NC(=O)C[NH+]1CC[NH+](Cc2cccc(Cl)c2)CC1. The quantitative estimate of drug-likeness (QED) is 0.583. The average molecular weight is 364 g/mol. The van der Waals surface area contributed by atoms with E-state index in [1.165, 1.54) is 10.5 Å². The molecule has 0 radical (unpaired) electrons. The van der Waals surface area contributed by atoms with Crippen molar-refractivity contribution in [3.05, 3.63) is 34.9 Å². The fourth-order valence-corrected chi connectivity index (χ4v) is 3.66. The van der Waals surface area contributed by atoms with Gasteiger partial charge >= 0.3 is 0 Å². The molecule has 0 atom stereocenters. The van der Waals surface area contributed by atoms with Gasteiger partial charge in [-0.15, -0.1) is 6.42 Å². The Morgan fingerprint density at radius 2 is 1.88 bits per heavy atom. The molecule has 0 saturated carbocycles. The van der Waals surface area contributed by atoms with Crippen molar-refractivity contribution >= 4 is 17.5 Å². The number of piperazine rings is 1. The summed E-state index contributed by atoms with van der Waals surface area (Å²) in [6.45, 7) is 9.69. The molecule has 2 rings (SSSR count). The Balaban J connectivity index is 1.78. The van der Waals surface area contributed by atoms with Crippen LogP contribution in [0.5, 0.6) is 0 Å². The highest BCUT2D eigenvalue weighted by atomic mass is 35.5. The van der Waals surface area contributed by atoms with E-state index in [9.17, 15) is 4.79 Å². The highest BCUT2D eigenvalue weighted by Crippen LogP contribution is 2.13. The van der Waals surface area contributed by atoms with Crippen molar-refractivity contribution in [2.24, 2.45) is 0 Å². The van der Waals surface area contributed by atoms with E-state index in [2.05, 4.69) is 17.3 Å². The number of hydrogen-bond donors (Lipinski definition) is 3. The lowest BCUT2D eigenvalue weighted by Crippen LogP contribution is -3.28. The van der Waals surface area contributed by atoms with Gasteiger partial charge in [-0.2, -0.15) is 0 Å². The number of halogens is 1. The molecular weight excluding hydrogens is 334 g/mol. The van der Waals surface area contributed by atoms with Gasteiger partial charge in [-0.1, -0.05) is 43.5 Å². The largest absolute Gasteiger partial charge is 0.335 e. The summed E-state index contributed by atoms with van der Waals surface area (Å²) in [7, 11) is 0. The average Bonchev–Trinajstić information content (AvgIpc) is 2.61. The fraction of sp³-hybridized carbons (Fsp3) is 0.550. The lowest BCUT2D eigenvalue weighted by molar-refractivity contribution is -1.02. The van der Waals surface area contributed by atoms with Gasteiger partial charge < -0.3 is 15.1 Å². The van der Waals surface area contributed by atoms with Crippen LogP contribution in [0.15, 0.2) is 24.3 Å². The predicted octanol–water partition coefficient (Wildman–Crippen LogP) is -0.0684. The van der Waals surface area contributed by atoms with E-state index in [0.29, 0.717) is 6.54 Å². The van der Waals surface area contributed by atoms with E-state index in [1.54, 1.807) is 4.90 Å². The van der Waals surface area contributed by atoms with Gasteiger partial charge in [0.25, 0.3) is 5.91 Å². The monoisotopic (exact) mass is 363 g/mol. The van der Waals surface area contributed by atoms with Crippen molar-refractivity contribution in [3.8, 4) is 12.3 Å². The van der Waals surface area contributed by atoms with Crippen LogP contribution >= 0.6 is 11.6 Å². The van der Waals surface area contributed by atoms with Gasteiger partial charge in [0, 0.05) is 10.6 Å². The van der Waals surface area contributed by atoms with Crippen LogP contribution in [0.1, 0.15) is 32.3 Å². The minimum Gasteiger partial charge on any atom is -0.335 e. The fourth-order valence-electron chi connectivity index (χ4n) is 3.45. The molecule has 0 bridgehead atoms. The number of nitrogens with one attached hydrogen (secondary N) is 3. The van der Waals surface area contributed by atoms with Crippen molar-refractivity contribution in [2.75, 3.05) is 32.7 Å². The zero-order chi connectivity index (χ0) is 18.3. The summed E-state index contributed by atoms with van der Waals surface area (Å²) in [5, 5.41) is 3.86. The number of terminal acetylenes is 1. The number of quaternary nitrogens is 2. The minimum atomic E-state index is -0.490. The molecule has 4 nitrogen and oxygen atoms in total. The highest BCUT2D eigenvalue weighted by molar-refractivity contribution is 6.30. The van der Waals surface area contributed by atoms with Gasteiger partial charge in [-0.05, 0) is 25.0 Å². The van der Waals surface area contributed by atoms with Crippen LogP contribution in [0, 0.1) is 12.3 Å². The summed E-state index contributed by atoms with van der Waals surface area (Å²) >= 11 is 6.06. The molecule has 1 aromatic carbocycles. The van der Waals surface area contributed by atoms with Gasteiger partial charge in [0.1, 0.15) is 38.3 Å². The van der Waals surface area contributed by atoms with E-state index >= 15 is 0 Å². The number of amides is 1. The molecule has 1 saturated heterocycles. The van der Waals surface area contributed by atoms with Gasteiger partial charge in [-0.3, -0.25) is 4.79 Å². The van der Waals surface area contributed by atoms with Crippen molar-refractivity contribution in [3.63, 3.8) is 0 Å². The van der Waals surface area contributed by atoms with E-state index < -0.39 is 5.54 Å². The van der Waals surface area contributed by atoms with Crippen LogP contribution in [-0.4, -0.2) is 44.2 Å². The third-order valence-electron chi connectivity index (χ3n) is 5.28. The van der Waals surface area contributed by atoms with Crippen molar-refractivity contribution in [2.45, 2.75) is 38.8 Å². The Morgan fingerprint density at radius 3 is 2.44 bits per heavy atom. The molecule has 3 N–H and O–H groups in total. The van der Waals surface area contributed by atoms with Crippen LogP contribution < -0.4 is 15.1 Å². The number of rotatable bonds is 7. The van der Waals surface area contributed by atoms with Crippen LogP contribution in [-0.2, 0) is 11.3 Å². The standard InChI is InChI=1S/C20H28ClN3O/c1-4-20(5-2,6-3)22-19(25)16-24-12-10-23(11-13-24)15-17-8-7-9-18(21)14-17/h1,7-9,14H,5-6,10-13,15-16H2,2-3H3,(H,22,25)/p+2. The Labute approximate surface area is 156 Å². The van der Waals surface area contributed by atoms with E-state index in [1.807, 2.05) is 32.0 Å². The van der Waals surface area contributed by atoms with Crippen LogP contribution in [0.4, 0.5) is 0 Å². The first-order chi connectivity index (χ1) is 12.0. The van der Waals surface area contributed by atoms with Gasteiger partial charge in [0.05, 0.1) is 0 Å². The highest BCUT2D eigenvalue weighted by Gasteiger charge is 2.29. The summed E-state index contributed by atoms with van der Waals surface area (Å²) in [5.41, 5.74) is 0.782. The molecule has 1 amide bonds. The number of carbonyl (C=O) groups excluding carboxylic acids is 1. The first-order valence-corrected chi connectivity index (χ1v) is 9.58. The van der Waals surface area contributed by atoms with Crippen molar-refractivity contribution in [1.29, 1.82) is 0 Å². The van der Waals surface area contributed by atoms with E-state index in [0.717, 1.165) is 50.6 Å². The Morgan fingerprint density at radius 1 is 1.24 bits per heavy atom. The Bertz CT molecular complexity index is 614. The van der Waals surface area contributed by atoms with Crippen LogP contribution in [0.2, 0.25) is 5.02 Å². The summed E-state index contributed by atoms with van der Waals surface area (Å²) in [4.78, 5) is 15.3. The lowest BCUT2D eigenvalue weighted by Gasteiger charge is -2.31. The second kappa shape index (κ2) is 9.24. The molecule has 5 heteroatoms. The second-order valence-corrected chi connectivity index (χ2v) is 7.40. The summed E-state index contributed by atoms with van der Waals surface area (Å²) < 4.78 is 0. The minimum absolute atomic E-state index is 0.0648. The number of benzene rings is 1. The molecule has 0 aromatic heterocycles. The van der Waals surface area contributed by atoms with Crippen LogP contribution in [0.3, 0.4) is 0 Å². The summed E-state index contributed by atoms with van der Waals surface area (Å²) in [6, 6.07) is 8.07. The molecule has 1 aliphatic heterocycles. The molecule has 0 aliphatic carbocycles. The molecule has 0 unspecified atom stereocenters. The maximum absolute atomic E-state index is 12.4. The lowest BCUT2D eigenvalue weighted by atomic mass is 9.94. The van der Waals surface area contributed by atoms with Gasteiger partial charge in [0.15, 0.2) is 6.54 Å². The molecule has 1 fully saturated rings. The van der Waals surface area contributed by atoms with Gasteiger partial charge in [-0.25, -0.2) is 0 Å². The smallest absolute Gasteiger partial charge is 0.276 e. The Hall–Kier alpha value is -1.54. The van der Waals surface area contributed by atoms with Crippen LogP contribution in [0.25, 0.3) is 0 Å². The van der Waals surface area contributed by atoms with Gasteiger partial charge in [0.2, 0.25) is 0 Å². The predicted molar refractivity (Wildman–Crippen MR) is 102 cm³/mol. The molecule has 1 aromatic rings. The third-order valence-corrected chi connectivity index (χ3v) is 5.52. The van der Waals surface area contributed by atoms with E-state index in [-0.39, 0.29) is 5.91 Å².